The lowest BCUT2D eigenvalue weighted by Gasteiger charge is -1.94. The van der Waals surface area contributed by atoms with Gasteiger partial charge in [-0.3, -0.25) is 0 Å². The minimum atomic E-state index is 0.548. The molecule has 0 unspecified atom stereocenters. The summed E-state index contributed by atoms with van der Waals surface area (Å²) in [4.78, 5) is 0.971. The topological polar surface area (TPSA) is 82.5 Å². The van der Waals surface area contributed by atoms with Crippen molar-refractivity contribution < 1.29 is 4.42 Å². The summed E-state index contributed by atoms with van der Waals surface area (Å²) in [5, 5.41) is 21.8. The highest BCUT2D eigenvalue weighted by molar-refractivity contribution is 7.98. The van der Waals surface area contributed by atoms with Crippen LogP contribution < -0.4 is 0 Å². The summed E-state index contributed by atoms with van der Waals surface area (Å²) in [5.41, 5.74) is 0. The lowest BCUT2D eigenvalue weighted by atomic mass is 10.5. The van der Waals surface area contributed by atoms with Gasteiger partial charge in [0, 0.05) is 7.05 Å². The Morgan fingerprint density at radius 2 is 2.33 bits per heavy atom. The first-order chi connectivity index (χ1) is 8.83. The minimum Gasteiger partial charge on any atom is -0.419 e. The Kier molecular flexibility index (Phi) is 3.07. The summed E-state index contributed by atoms with van der Waals surface area (Å²) < 4.78 is 7.15. The number of thioether (sulfide) groups is 1. The van der Waals surface area contributed by atoms with E-state index in [1.165, 1.54) is 11.8 Å². The van der Waals surface area contributed by atoms with Crippen LogP contribution in [0.3, 0.4) is 0 Å². The number of thiophene rings is 1. The Morgan fingerprint density at radius 1 is 1.39 bits per heavy atom. The van der Waals surface area contributed by atoms with Crippen LogP contribution in [0.1, 0.15) is 5.89 Å². The number of aromatic nitrogens is 6. The molecule has 0 aliphatic heterocycles. The summed E-state index contributed by atoms with van der Waals surface area (Å²) in [6.07, 6.45) is 0. The SMILES string of the molecule is Cn1nnnc1SCc1nnc(-c2cccs2)o1. The van der Waals surface area contributed by atoms with E-state index in [0.29, 0.717) is 22.7 Å². The van der Waals surface area contributed by atoms with Crippen molar-refractivity contribution in [2.45, 2.75) is 10.9 Å². The first kappa shape index (κ1) is 11.4. The van der Waals surface area contributed by atoms with Gasteiger partial charge in [0.1, 0.15) is 0 Å². The lowest BCUT2D eigenvalue weighted by Crippen LogP contribution is -1.93. The molecule has 0 aliphatic rings. The summed E-state index contributed by atoms with van der Waals surface area (Å²) in [6, 6.07) is 3.89. The summed E-state index contributed by atoms with van der Waals surface area (Å²) in [5.74, 6) is 1.66. The van der Waals surface area contributed by atoms with Crippen LogP contribution in [-0.4, -0.2) is 30.4 Å². The van der Waals surface area contributed by atoms with Gasteiger partial charge in [-0.15, -0.1) is 26.6 Å². The Balaban J connectivity index is 1.69. The standard InChI is InChI=1S/C9H8N6OS2/c1-15-9(12-13-14-15)18-5-7-10-11-8(16-7)6-3-2-4-17-6/h2-4H,5H2,1H3. The molecule has 0 radical (unpaired) electrons. The molecule has 0 saturated heterocycles. The Bertz CT molecular complexity index is 631. The first-order valence-corrected chi connectivity index (χ1v) is 6.91. The fourth-order valence-electron chi connectivity index (χ4n) is 1.28. The number of aryl methyl sites for hydroxylation is 1. The fourth-order valence-corrected chi connectivity index (χ4v) is 2.61. The summed E-state index contributed by atoms with van der Waals surface area (Å²) in [6.45, 7) is 0. The van der Waals surface area contributed by atoms with E-state index in [0.717, 1.165) is 4.88 Å². The van der Waals surface area contributed by atoms with Gasteiger partial charge in [0.05, 0.1) is 10.6 Å². The summed E-state index contributed by atoms with van der Waals surface area (Å²) >= 11 is 3.02. The van der Waals surface area contributed by atoms with Gasteiger partial charge < -0.3 is 4.42 Å². The maximum Gasteiger partial charge on any atom is 0.257 e. The highest BCUT2D eigenvalue weighted by Crippen LogP contribution is 2.25. The molecule has 3 aromatic rings. The lowest BCUT2D eigenvalue weighted by molar-refractivity contribution is 0.529. The molecule has 9 heteroatoms. The molecule has 3 rings (SSSR count). The number of nitrogens with zero attached hydrogens (tertiary/aromatic N) is 6. The molecule has 18 heavy (non-hydrogen) atoms. The molecule has 92 valence electrons. The number of tetrazole rings is 1. The predicted octanol–water partition coefficient (Wildman–Crippen LogP) is 1.61. The van der Waals surface area contributed by atoms with Crippen LogP contribution >= 0.6 is 23.1 Å². The van der Waals surface area contributed by atoms with Gasteiger partial charge in [-0.25, -0.2) is 4.68 Å². The van der Waals surface area contributed by atoms with Crippen LogP contribution in [0.2, 0.25) is 0 Å². The van der Waals surface area contributed by atoms with Gasteiger partial charge in [0.15, 0.2) is 0 Å². The second kappa shape index (κ2) is 4.86. The highest BCUT2D eigenvalue weighted by Gasteiger charge is 2.11. The van der Waals surface area contributed by atoms with E-state index in [1.807, 2.05) is 17.5 Å². The number of hydrogen-bond acceptors (Lipinski definition) is 8. The summed E-state index contributed by atoms with van der Waals surface area (Å²) in [7, 11) is 1.78. The molecule has 0 aliphatic carbocycles. The van der Waals surface area contributed by atoms with Gasteiger partial charge in [0.2, 0.25) is 11.0 Å². The molecule has 3 heterocycles. The molecule has 0 spiro atoms. The van der Waals surface area contributed by atoms with Crippen molar-refractivity contribution in [3.05, 3.63) is 23.4 Å². The van der Waals surface area contributed by atoms with Crippen LogP contribution in [0, 0.1) is 0 Å². The third kappa shape index (κ3) is 2.27. The molecule has 3 aromatic heterocycles. The second-order valence-electron chi connectivity index (χ2n) is 3.35. The normalized spacial score (nSPS) is 10.9. The molecular weight excluding hydrogens is 272 g/mol. The van der Waals surface area contributed by atoms with E-state index in [4.69, 9.17) is 4.42 Å². The molecule has 0 atom stereocenters. The van der Waals surface area contributed by atoms with Crippen molar-refractivity contribution in [3.8, 4) is 10.8 Å². The zero-order valence-electron chi connectivity index (χ0n) is 9.35. The van der Waals surface area contributed by atoms with Crippen molar-refractivity contribution >= 4 is 23.1 Å². The predicted molar refractivity (Wildman–Crippen MR) is 66.0 cm³/mol. The van der Waals surface area contributed by atoms with Crippen molar-refractivity contribution in [3.63, 3.8) is 0 Å². The van der Waals surface area contributed by atoms with Crippen molar-refractivity contribution in [1.82, 2.24) is 30.4 Å². The van der Waals surface area contributed by atoms with Crippen LogP contribution in [0.5, 0.6) is 0 Å². The van der Waals surface area contributed by atoms with E-state index < -0.39 is 0 Å². The molecular formula is C9H8N6OS2. The van der Waals surface area contributed by atoms with Crippen LogP contribution in [0.15, 0.2) is 27.1 Å². The van der Waals surface area contributed by atoms with Gasteiger partial charge in [-0.05, 0) is 21.9 Å². The zero-order chi connectivity index (χ0) is 12.4. The average Bonchev–Trinajstić information content (AvgIpc) is 3.08. The smallest absolute Gasteiger partial charge is 0.257 e. The molecule has 0 bridgehead atoms. The Hall–Kier alpha value is -1.74. The number of hydrogen-bond donors (Lipinski definition) is 0. The Morgan fingerprint density at radius 3 is 3.06 bits per heavy atom. The van der Waals surface area contributed by atoms with Crippen molar-refractivity contribution in [2.24, 2.45) is 7.05 Å². The monoisotopic (exact) mass is 280 g/mol. The molecule has 0 N–H and O–H groups in total. The van der Waals surface area contributed by atoms with Gasteiger partial charge in [-0.1, -0.05) is 17.8 Å². The molecule has 0 aromatic carbocycles. The first-order valence-electron chi connectivity index (χ1n) is 5.04. The molecule has 7 nitrogen and oxygen atoms in total. The van der Waals surface area contributed by atoms with Crippen LogP contribution in [0.4, 0.5) is 0 Å². The molecule has 0 saturated carbocycles. The zero-order valence-corrected chi connectivity index (χ0v) is 11.0. The van der Waals surface area contributed by atoms with Gasteiger partial charge in [0.25, 0.3) is 5.89 Å². The largest absolute Gasteiger partial charge is 0.419 e. The van der Waals surface area contributed by atoms with Gasteiger partial charge >= 0.3 is 0 Å². The quantitative estimate of drug-likeness (QED) is 0.671. The fraction of sp³-hybridized carbons (Fsp3) is 0.222. The van der Waals surface area contributed by atoms with E-state index in [9.17, 15) is 0 Å². The maximum absolute atomic E-state index is 5.56. The average molecular weight is 280 g/mol. The molecule has 0 amide bonds. The molecule has 0 fully saturated rings. The minimum absolute atomic E-state index is 0.548. The van der Waals surface area contributed by atoms with E-state index >= 15 is 0 Å². The van der Waals surface area contributed by atoms with E-state index in [1.54, 1.807) is 23.1 Å². The van der Waals surface area contributed by atoms with Crippen molar-refractivity contribution in [2.75, 3.05) is 0 Å². The highest BCUT2D eigenvalue weighted by atomic mass is 32.2. The third-order valence-electron chi connectivity index (χ3n) is 2.10. The van der Waals surface area contributed by atoms with Gasteiger partial charge in [-0.2, -0.15) is 0 Å². The van der Waals surface area contributed by atoms with Crippen LogP contribution in [-0.2, 0) is 12.8 Å². The maximum atomic E-state index is 5.56. The van der Waals surface area contributed by atoms with Crippen molar-refractivity contribution in [1.29, 1.82) is 0 Å². The van der Waals surface area contributed by atoms with E-state index in [-0.39, 0.29) is 0 Å². The third-order valence-corrected chi connectivity index (χ3v) is 3.96. The van der Waals surface area contributed by atoms with Crippen LogP contribution in [0.25, 0.3) is 10.8 Å². The number of rotatable bonds is 4. The Labute approximate surface area is 110 Å². The second-order valence-corrected chi connectivity index (χ2v) is 5.24. The van der Waals surface area contributed by atoms with E-state index in [2.05, 4.69) is 25.7 Å².